The van der Waals surface area contributed by atoms with E-state index in [9.17, 15) is 19.2 Å². The van der Waals surface area contributed by atoms with E-state index in [-0.39, 0.29) is 17.3 Å². The van der Waals surface area contributed by atoms with Crippen LogP contribution >= 0.6 is 11.8 Å². The molecule has 8 heteroatoms. The average molecular weight is 502 g/mol. The van der Waals surface area contributed by atoms with Gasteiger partial charge in [0.2, 0.25) is 5.91 Å². The Balaban J connectivity index is 1.55. The van der Waals surface area contributed by atoms with E-state index < -0.39 is 11.2 Å². The molecule has 0 saturated carbocycles. The van der Waals surface area contributed by atoms with Gasteiger partial charge in [-0.2, -0.15) is 5.26 Å². The monoisotopic (exact) mass is 501 g/mol. The number of rotatable bonds is 8. The fraction of sp³-hybridized carbons (Fsp3) is 0.179. The number of anilines is 1. The molecule has 1 heterocycles. The summed E-state index contributed by atoms with van der Waals surface area (Å²) in [5, 5.41) is 12.5. The zero-order valence-corrected chi connectivity index (χ0v) is 20.4. The van der Waals surface area contributed by atoms with Crippen LogP contribution in [-0.4, -0.2) is 30.7 Å². The van der Waals surface area contributed by atoms with Gasteiger partial charge in [-0.25, -0.2) is 4.39 Å². The fourth-order valence-corrected chi connectivity index (χ4v) is 5.14. The van der Waals surface area contributed by atoms with Gasteiger partial charge in [0, 0.05) is 12.2 Å². The lowest BCUT2D eigenvalue weighted by atomic mass is 10.1. The topological polar surface area (TPSA) is 82.4 Å². The summed E-state index contributed by atoms with van der Waals surface area (Å²) in [6, 6.07) is 24.4. The minimum absolute atomic E-state index is 0.117. The summed E-state index contributed by atoms with van der Waals surface area (Å²) in [5.74, 6) is -0.374. The summed E-state index contributed by atoms with van der Waals surface area (Å²) in [5.41, 5.74) is 2.26. The Kier molecular flexibility index (Phi) is 8.03. The Labute approximate surface area is 213 Å². The predicted molar refractivity (Wildman–Crippen MR) is 138 cm³/mol. The smallest absolute Gasteiger partial charge is 0.264 e. The number of nitrogens with one attached hydrogen (secondary N) is 1. The lowest BCUT2D eigenvalue weighted by molar-refractivity contribution is -0.117. The molecule has 0 bridgehead atoms. The summed E-state index contributed by atoms with van der Waals surface area (Å²) in [6.45, 7) is 0.326. The number of para-hydroxylation sites is 1. The van der Waals surface area contributed by atoms with Crippen molar-refractivity contribution in [1.29, 1.82) is 5.26 Å². The molecule has 36 heavy (non-hydrogen) atoms. The number of carbonyl (C=O) groups excluding carboxylic acids is 2. The number of amides is 2. The van der Waals surface area contributed by atoms with E-state index in [1.165, 1.54) is 28.8 Å². The molecular weight excluding hydrogens is 477 g/mol. The molecule has 1 atom stereocenters. The molecular formula is C28H24FN3O3S. The van der Waals surface area contributed by atoms with Crippen molar-refractivity contribution in [3.63, 3.8) is 0 Å². The second-order valence-corrected chi connectivity index (χ2v) is 9.28. The number of thioether (sulfide) groups is 1. The van der Waals surface area contributed by atoms with Crippen molar-refractivity contribution in [2.45, 2.75) is 18.1 Å². The molecule has 1 N–H and O–H groups in total. The molecule has 1 saturated heterocycles. The second kappa shape index (κ2) is 11.6. The number of hydrogen-bond donors (Lipinski definition) is 1. The van der Waals surface area contributed by atoms with Crippen LogP contribution in [0.2, 0.25) is 0 Å². The maximum Gasteiger partial charge on any atom is 0.264 e. The maximum absolute atomic E-state index is 13.4. The van der Waals surface area contributed by atoms with Crippen LogP contribution in [-0.2, 0) is 22.4 Å². The summed E-state index contributed by atoms with van der Waals surface area (Å²) in [4.78, 5) is 27.9. The third kappa shape index (κ3) is 5.75. The first-order valence-electron chi connectivity index (χ1n) is 11.4. The quantitative estimate of drug-likeness (QED) is 0.360. The molecule has 4 rings (SSSR count). The molecule has 1 aliphatic rings. The van der Waals surface area contributed by atoms with Crippen molar-refractivity contribution in [2.24, 2.45) is 0 Å². The highest BCUT2D eigenvalue weighted by atomic mass is 32.2. The standard InChI is InChI=1S/C28H24FN3O3S/c1-35-23-13-9-19(10-14-23)15-16-31-26(33)24(18-30)28-32(22-5-3-2-4-6-22)27(34)25(36-28)17-20-7-11-21(29)12-8-20/h2-14,25H,15-17H2,1H3,(H,31,33)/b28-24-/t25-/m0/s1. The highest BCUT2D eigenvalue weighted by Gasteiger charge is 2.40. The Morgan fingerprint density at radius 1 is 1.06 bits per heavy atom. The van der Waals surface area contributed by atoms with Crippen LogP contribution in [0, 0.1) is 17.1 Å². The molecule has 1 aliphatic heterocycles. The van der Waals surface area contributed by atoms with Gasteiger partial charge in [0.25, 0.3) is 5.91 Å². The number of hydrogen-bond acceptors (Lipinski definition) is 5. The van der Waals surface area contributed by atoms with E-state index in [2.05, 4.69) is 5.32 Å². The van der Waals surface area contributed by atoms with Gasteiger partial charge in [0.05, 0.1) is 12.4 Å². The molecule has 6 nitrogen and oxygen atoms in total. The lowest BCUT2D eigenvalue weighted by Crippen LogP contribution is -2.32. The number of halogens is 1. The Hall–Kier alpha value is -4.09. The second-order valence-electron chi connectivity index (χ2n) is 8.09. The number of nitrogens with zero attached hydrogens (tertiary/aromatic N) is 2. The van der Waals surface area contributed by atoms with Gasteiger partial charge in [0.15, 0.2) is 0 Å². The van der Waals surface area contributed by atoms with E-state index >= 15 is 0 Å². The summed E-state index contributed by atoms with van der Waals surface area (Å²) in [6.07, 6.45) is 0.917. The van der Waals surface area contributed by atoms with Gasteiger partial charge >= 0.3 is 0 Å². The first-order valence-corrected chi connectivity index (χ1v) is 12.2. The van der Waals surface area contributed by atoms with Gasteiger partial charge < -0.3 is 10.1 Å². The van der Waals surface area contributed by atoms with Crippen molar-refractivity contribution in [2.75, 3.05) is 18.6 Å². The van der Waals surface area contributed by atoms with Gasteiger partial charge in [0.1, 0.15) is 28.2 Å². The predicted octanol–water partition coefficient (Wildman–Crippen LogP) is 4.62. The summed E-state index contributed by atoms with van der Waals surface area (Å²) in [7, 11) is 1.60. The van der Waals surface area contributed by atoms with Crippen LogP contribution in [0.5, 0.6) is 5.75 Å². The Morgan fingerprint density at radius 2 is 1.72 bits per heavy atom. The van der Waals surface area contributed by atoms with Gasteiger partial charge in [-0.3, -0.25) is 14.5 Å². The van der Waals surface area contributed by atoms with Crippen molar-refractivity contribution >= 4 is 29.3 Å². The van der Waals surface area contributed by atoms with Crippen LogP contribution < -0.4 is 15.0 Å². The molecule has 0 unspecified atom stereocenters. The fourth-order valence-electron chi connectivity index (χ4n) is 3.83. The van der Waals surface area contributed by atoms with E-state index in [1.807, 2.05) is 36.4 Å². The number of carbonyl (C=O) groups is 2. The average Bonchev–Trinajstić information content (AvgIpc) is 3.22. The summed E-state index contributed by atoms with van der Waals surface area (Å²) >= 11 is 1.18. The molecule has 182 valence electrons. The molecule has 1 fully saturated rings. The number of methoxy groups -OCH3 is 1. The van der Waals surface area contributed by atoms with Crippen LogP contribution in [0.15, 0.2) is 89.5 Å². The third-order valence-corrected chi connectivity index (χ3v) is 6.98. The number of nitriles is 1. The first-order chi connectivity index (χ1) is 17.5. The highest BCUT2D eigenvalue weighted by Crippen LogP contribution is 2.41. The minimum atomic E-state index is -0.555. The van der Waals surface area contributed by atoms with E-state index in [4.69, 9.17) is 4.74 Å². The number of benzene rings is 3. The molecule has 0 aromatic heterocycles. The zero-order valence-electron chi connectivity index (χ0n) is 19.6. The van der Waals surface area contributed by atoms with Crippen LogP contribution in [0.1, 0.15) is 11.1 Å². The van der Waals surface area contributed by atoms with Crippen LogP contribution in [0.25, 0.3) is 0 Å². The molecule has 3 aromatic carbocycles. The normalized spacial score (nSPS) is 16.4. The molecule has 0 radical (unpaired) electrons. The largest absolute Gasteiger partial charge is 0.497 e. The van der Waals surface area contributed by atoms with E-state index in [1.54, 1.807) is 43.5 Å². The van der Waals surface area contributed by atoms with E-state index in [0.717, 1.165) is 16.9 Å². The lowest BCUT2D eigenvalue weighted by Gasteiger charge is -2.18. The SMILES string of the molecule is COc1ccc(CCNC(=O)/C(C#N)=C2\S[C@@H](Cc3ccc(F)cc3)C(=O)N2c2ccccc2)cc1. The molecule has 0 aliphatic carbocycles. The molecule has 3 aromatic rings. The minimum Gasteiger partial charge on any atom is -0.497 e. The molecule has 0 spiro atoms. The van der Waals surface area contributed by atoms with Crippen molar-refractivity contribution in [3.05, 3.63) is 106 Å². The van der Waals surface area contributed by atoms with Gasteiger partial charge in [-0.1, -0.05) is 54.2 Å². The van der Waals surface area contributed by atoms with Gasteiger partial charge in [-0.15, -0.1) is 0 Å². The third-order valence-electron chi connectivity index (χ3n) is 5.71. The summed E-state index contributed by atoms with van der Waals surface area (Å²) < 4.78 is 18.5. The van der Waals surface area contributed by atoms with Crippen LogP contribution in [0.3, 0.4) is 0 Å². The zero-order chi connectivity index (χ0) is 25.5. The Bertz CT molecular complexity index is 1300. The van der Waals surface area contributed by atoms with Crippen molar-refractivity contribution in [1.82, 2.24) is 5.32 Å². The van der Waals surface area contributed by atoms with Crippen LogP contribution in [0.4, 0.5) is 10.1 Å². The Morgan fingerprint density at radius 3 is 2.36 bits per heavy atom. The van der Waals surface area contributed by atoms with Gasteiger partial charge in [-0.05, 0) is 60.4 Å². The number of ether oxygens (including phenoxy) is 1. The van der Waals surface area contributed by atoms with E-state index in [0.29, 0.717) is 30.1 Å². The maximum atomic E-state index is 13.4. The first kappa shape index (κ1) is 25.0. The molecule has 2 amide bonds. The highest BCUT2D eigenvalue weighted by molar-refractivity contribution is 8.05. The van der Waals surface area contributed by atoms with Crippen molar-refractivity contribution in [3.8, 4) is 11.8 Å². The van der Waals surface area contributed by atoms with Crippen molar-refractivity contribution < 1.29 is 18.7 Å².